The lowest BCUT2D eigenvalue weighted by molar-refractivity contribution is 0.587. The molecular formula is C17H23N5O2S. The van der Waals surface area contributed by atoms with E-state index in [9.17, 15) is 8.42 Å². The van der Waals surface area contributed by atoms with Crippen LogP contribution in [0.15, 0.2) is 35.4 Å². The SMILES string of the molecule is CC(C)S(=O)(=O)c1ccc(-c2cnc(N)c(N3CC[C@@H](N)C3)n2)cc1. The quantitative estimate of drug-likeness (QED) is 0.846. The van der Waals surface area contributed by atoms with E-state index in [0.29, 0.717) is 28.8 Å². The first-order valence-electron chi connectivity index (χ1n) is 8.26. The molecule has 1 aliphatic heterocycles. The van der Waals surface area contributed by atoms with Gasteiger partial charge >= 0.3 is 0 Å². The van der Waals surface area contributed by atoms with Crippen molar-refractivity contribution in [1.29, 1.82) is 0 Å². The standard InChI is InChI=1S/C17H23N5O2S/c1-11(2)25(23,24)14-5-3-12(4-6-14)15-9-20-16(19)17(21-15)22-8-7-13(18)10-22/h3-6,9,11,13H,7-8,10,18H2,1-2H3,(H2,19,20)/t13-/m1/s1. The van der Waals surface area contributed by atoms with Crippen LogP contribution < -0.4 is 16.4 Å². The number of nitrogens with zero attached hydrogens (tertiary/aromatic N) is 3. The fourth-order valence-corrected chi connectivity index (χ4v) is 3.89. The highest BCUT2D eigenvalue weighted by atomic mass is 32.2. The molecule has 2 aromatic rings. The first kappa shape index (κ1) is 17.6. The van der Waals surface area contributed by atoms with Gasteiger partial charge in [-0.2, -0.15) is 0 Å². The molecule has 0 radical (unpaired) electrons. The van der Waals surface area contributed by atoms with Crippen molar-refractivity contribution >= 4 is 21.5 Å². The Labute approximate surface area is 148 Å². The number of nitrogens with two attached hydrogens (primary N) is 2. The van der Waals surface area contributed by atoms with Crippen molar-refractivity contribution in [2.75, 3.05) is 23.7 Å². The predicted molar refractivity (Wildman–Crippen MR) is 99.0 cm³/mol. The van der Waals surface area contributed by atoms with Gasteiger partial charge in [0.25, 0.3) is 0 Å². The highest BCUT2D eigenvalue weighted by Crippen LogP contribution is 2.27. The van der Waals surface area contributed by atoms with Crippen LogP contribution in [0.3, 0.4) is 0 Å². The molecule has 1 aliphatic rings. The van der Waals surface area contributed by atoms with Gasteiger partial charge in [0, 0.05) is 24.7 Å². The van der Waals surface area contributed by atoms with Crippen LogP contribution >= 0.6 is 0 Å². The minimum absolute atomic E-state index is 0.116. The zero-order chi connectivity index (χ0) is 18.2. The van der Waals surface area contributed by atoms with Gasteiger partial charge in [0.05, 0.1) is 22.0 Å². The number of hydrogen-bond donors (Lipinski definition) is 2. The highest BCUT2D eigenvalue weighted by molar-refractivity contribution is 7.92. The number of benzene rings is 1. The number of sulfone groups is 1. The Morgan fingerprint density at radius 1 is 1.24 bits per heavy atom. The molecule has 8 heteroatoms. The topological polar surface area (TPSA) is 115 Å². The average Bonchev–Trinajstić information content (AvgIpc) is 3.01. The molecule has 2 heterocycles. The maximum absolute atomic E-state index is 12.2. The molecule has 1 aromatic heterocycles. The largest absolute Gasteiger partial charge is 0.381 e. The number of nitrogen functional groups attached to an aromatic ring is 1. The normalized spacial score (nSPS) is 18.1. The van der Waals surface area contributed by atoms with Crippen LogP contribution in [0.1, 0.15) is 20.3 Å². The van der Waals surface area contributed by atoms with E-state index in [2.05, 4.69) is 9.97 Å². The van der Waals surface area contributed by atoms with Gasteiger partial charge in [-0.25, -0.2) is 18.4 Å². The lowest BCUT2D eigenvalue weighted by Crippen LogP contribution is -2.27. The summed E-state index contributed by atoms with van der Waals surface area (Å²) in [7, 11) is -3.29. The van der Waals surface area contributed by atoms with E-state index in [0.717, 1.165) is 18.5 Å². The Bertz CT molecular complexity index is 865. The zero-order valence-electron chi connectivity index (χ0n) is 14.4. The Kier molecular flexibility index (Phi) is 4.66. The molecule has 0 aliphatic carbocycles. The van der Waals surface area contributed by atoms with E-state index in [-0.39, 0.29) is 6.04 Å². The van der Waals surface area contributed by atoms with Crippen molar-refractivity contribution in [2.24, 2.45) is 5.73 Å². The molecule has 0 saturated carbocycles. The molecule has 0 spiro atoms. The maximum atomic E-state index is 12.2. The molecule has 1 fully saturated rings. The molecule has 1 aromatic carbocycles. The van der Waals surface area contributed by atoms with Gasteiger partial charge in [-0.05, 0) is 32.4 Å². The van der Waals surface area contributed by atoms with E-state index in [1.54, 1.807) is 44.3 Å². The van der Waals surface area contributed by atoms with Crippen LogP contribution in [0.5, 0.6) is 0 Å². The molecule has 0 bridgehead atoms. The summed E-state index contributed by atoms with van der Waals surface area (Å²) in [6.07, 6.45) is 2.49. The monoisotopic (exact) mass is 361 g/mol. The van der Waals surface area contributed by atoms with Crippen molar-refractivity contribution in [1.82, 2.24) is 9.97 Å². The third-order valence-corrected chi connectivity index (χ3v) is 6.58. The summed E-state index contributed by atoms with van der Waals surface area (Å²) < 4.78 is 24.4. The maximum Gasteiger partial charge on any atom is 0.180 e. The number of anilines is 2. The highest BCUT2D eigenvalue weighted by Gasteiger charge is 2.23. The van der Waals surface area contributed by atoms with Crippen LogP contribution in [0.4, 0.5) is 11.6 Å². The summed E-state index contributed by atoms with van der Waals surface area (Å²) in [6, 6.07) is 6.82. The Morgan fingerprint density at radius 2 is 1.92 bits per heavy atom. The molecule has 0 amide bonds. The van der Waals surface area contributed by atoms with Gasteiger partial charge in [0.2, 0.25) is 0 Å². The minimum atomic E-state index is -3.29. The van der Waals surface area contributed by atoms with Crippen LogP contribution in [0.25, 0.3) is 11.3 Å². The molecule has 4 N–H and O–H groups in total. The van der Waals surface area contributed by atoms with Gasteiger partial charge in [-0.3, -0.25) is 0 Å². The van der Waals surface area contributed by atoms with E-state index < -0.39 is 15.1 Å². The van der Waals surface area contributed by atoms with Gasteiger partial charge < -0.3 is 16.4 Å². The van der Waals surface area contributed by atoms with Crippen LogP contribution in [-0.2, 0) is 9.84 Å². The Morgan fingerprint density at radius 3 is 2.48 bits per heavy atom. The minimum Gasteiger partial charge on any atom is -0.381 e. The van der Waals surface area contributed by atoms with Crippen molar-refractivity contribution < 1.29 is 8.42 Å². The molecule has 1 saturated heterocycles. The second kappa shape index (κ2) is 6.61. The number of hydrogen-bond acceptors (Lipinski definition) is 7. The second-order valence-electron chi connectivity index (χ2n) is 6.58. The molecule has 1 atom stereocenters. The van der Waals surface area contributed by atoms with Crippen molar-refractivity contribution in [3.63, 3.8) is 0 Å². The van der Waals surface area contributed by atoms with Crippen molar-refractivity contribution in [3.8, 4) is 11.3 Å². The smallest absolute Gasteiger partial charge is 0.180 e. The van der Waals surface area contributed by atoms with Crippen molar-refractivity contribution in [3.05, 3.63) is 30.5 Å². The predicted octanol–water partition coefficient (Wildman–Crippen LogP) is 1.45. The van der Waals surface area contributed by atoms with Crippen LogP contribution in [-0.4, -0.2) is 42.8 Å². The number of rotatable bonds is 4. The average molecular weight is 361 g/mol. The molecule has 25 heavy (non-hydrogen) atoms. The molecule has 134 valence electrons. The van der Waals surface area contributed by atoms with Crippen molar-refractivity contribution in [2.45, 2.75) is 36.5 Å². The fraction of sp³-hybridized carbons (Fsp3) is 0.412. The second-order valence-corrected chi connectivity index (χ2v) is 9.08. The third-order valence-electron chi connectivity index (χ3n) is 4.40. The van der Waals surface area contributed by atoms with Gasteiger partial charge in [-0.15, -0.1) is 0 Å². The fourth-order valence-electron chi connectivity index (χ4n) is 2.83. The Balaban J connectivity index is 1.92. The molecule has 7 nitrogen and oxygen atoms in total. The zero-order valence-corrected chi connectivity index (χ0v) is 15.2. The van der Waals surface area contributed by atoms with Crippen LogP contribution in [0.2, 0.25) is 0 Å². The summed E-state index contributed by atoms with van der Waals surface area (Å²) in [5.41, 5.74) is 13.4. The molecule has 3 rings (SSSR count). The number of aromatic nitrogens is 2. The van der Waals surface area contributed by atoms with E-state index >= 15 is 0 Å². The third kappa shape index (κ3) is 3.45. The van der Waals surface area contributed by atoms with E-state index in [1.807, 2.05) is 4.90 Å². The summed E-state index contributed by atoms with van der Waals surface area (Å²) in [6.45, 7) is 4.84. The lowest BCUT2D eigenvalue weighted by atomic mass is 10.2. The summed E-state index contributed by atoms with van der Waals surface area (Å²) in [4.78, 5) is 11.2. The molecular weight excluding hydrogens is 338 g/mol. The first-order valence-corrected chi connectivity index (χ1v) is 9.81. The van der Waals surface area contributed by atoms with Gasteiger partial charge in [0.1, 0.15) is 0 Å². The summed E-state index contributed by atoms with van der Waals surface area (Å²) in [5.74, 6) is 1.00. The van der Waals surface area contributed by atoms with E-state index in [4.69, 9.17) is 11.5 Å². The first-order chi connectivity index (χ1) is 11.8. The van der Waals surface area contributed by atoms with E-state index in [1.165, 1.54) is 0 Å². The Hall–Kier alpha value is -2.19. The van der Waals surface area contributed by atoms with Gasteiger partial charge in [0.15, 0.2) is 21.5 Å². The van der Waals surface area contributed by atoms with Gasteiger partial charge in [-0.1, -0.05) is 12.1 Å². The summed E-state index contributed by atoms with van der Waals surface area (Å²) >= 11 is 0. The lowest BCUT2D eigenvalue weighted by Gasteiger charge is -2.19. The summed E-state index contributed by atoms with van der Waals surface area (Å²) in [5, 5.41) is -0.458. The molecule has 0 unspecified atom stereocenters. The van der Waals surface area contributed by atoms with Crippen LogP contribution in [0, 0.1) is 0 Å².